The molecule has 0 saturated carbocycles. The van der Waals surface area contributed by atoms with Gasteiger partial charge in [0.25, 0.3) is 0 Å². The Kier molecular flexibility index (Phi) is 5.81. The molecule has 5 nitrogen and oxygen atoms in total. The Bertz CT molecular complexity index is 470. The highest BCUT2D eigenvalue weighted by Crippen LogP contribution is 2.23. The smallest absolute Gasteiger partial charge is 0.410 e. The van der Waals surface area contributed by atoms with Gasteiger partial charge in [0.05, 0.1) is 6.04 Å². The zero-order valence-corrected chi connectivity index (χ0v) is 14.8. The summed E-state index contributed by atoms with van der Waals surface area (Å²) in [4.78, 5) is 18.5. The van der Waals surface area contributed by atoms with Crippen molar-refractivity contribution in [2.45, 2.75) is 64.6 Å². The molecule has 1 aromatic heterocycles. The number of likely N-dealkylation sites (tertiary alicyclic amines) is 1. The summed E-state index contributed by atoms with van der Waals surface area (Å²) in [7, 11) is 0. The molecule has 6 heteroatoms. The lowest BCUT2D eigenvalue weighted by Gasteiger charge is -2.29. The molecular weight excluding hydrogens is 298 g/mol. The third-order valence-electron chi connectivity index (χ3n) is 3.76. The number of hydrogen-bond acceptors (Lipinski definition) is 5. The molecule has 2 rings (SSSR count). The molecule has 0 spiro atoms. The molecule has 1 aliphatic heterocycles. The second kappa shape index (κ2) is 7.42. The maximum absolute atomic E-state index is 12.3. The monoisotopic (exact) mass is 325 g/mol. The van der Waals surface area contributed by atoms with Crippen LogP contribution in [0.5, 0.6) is 0 Å². The van der Waals surface area contributed by atoms with Crippen LogP contribution in [-0.4, -0.2) is 40.7 Å². The average molecular weight is 325 g/mol. The van der Waals surface area contributed by atoms with E-state index < -0.39 is 5.60 Å². The molecule has 1 aliphatic rings. The molecule has 0 aromatic carbocycles. The van der Waals surface area contributed by atoms with E-state index in [-0.39, 0.29) is 18.2 Å². The summed E-state index contributed by atoms with van der Waals surface area (Å²) in [6.07, 6.45) is 4.71. The van der Waals surface area contributed by atoms with Crippen molar-refractivity contribution in [3.05, 3.63) is 16.6 Å². The molecule has 1 aromatic rings. The van der Waals surface area contributed by atoms with E-state index in [9.17, 15) is 4.79 Å². The lowest BCUT2D eigenvalue weighted by atomic mass is 10.2. The second-order valence-electron chi connectivity index (χ2n) is 6.71. The van der Waals surface area contributed by atoms with E-state index in [2.05, 4.69) is 17.2 Å². The number of nitrogens with zero attached hydrogens (tertiary/aromatic N) is 2. The lowest BCUT2D eigenvalue weighted by molar-refractivity contribution is 0.0224. The predicted molar refractivity (Wildman–Crippen MR) is 89.1 cm³/mol. The highest BCUT2D eigenvalue weighted by Gasteiger charge is 2.32. The molecule has 2 atom stereocenters. The SMILES string of the molecule is CCC(NCC1CCCN1C(=O)OC(C)(C)C)c1nccs1. The van der Waals surface area contributed by atoms with Crippen LogP contribution in [0.25, 0.3) is 0 Å². The van der Waals surface area contributed by atoms with Crippen molar-refractivity contribution in [2.75, 3.05) is 13.1 Å². The Balaban J connectivity index is 1.89. The van der Waals surface area contributed by atoms with E-state index in [1.54, 1.807) is 11.3 Å². The molecule has 124 valence electrons. The zero-order valence-electron chi connectivity index (χ0n) is 14.0. The molecule has 0 aliphatic carbocycles. The molecule has 1 amide bonds. The highest BCUT2D eigenvalue weighted by atomic mass is 32.1. The molecule has 22 heavy (non-hydrogen) atoms. The first kappa shape index (κ1) is 17.2. The number of aromatic nitrogens is 1. The lowest BCUT2D eigenvalue weighted by Crippen LogP contribution is -2.44. The average Bonchev–Trinajstić information content (AvgIpc) is 3.08. The summed E-state index contributed by atoms with van der Waals surface area (Å²) in [6.45, 7) is 9.45. The van der Waals surface area contributed by atoms with E-state index in [1.165, 1.54) is 0 Å². The van der Waals surface area contributed by atoms with Crippen LogP contribution in [0.15, 0.2) is 11.6 Å². The van der Waals surface area contributed by atoms with Crippen molar-refractivity contribution in [1.29, 1.82) is 0 Å². The van der Waals surface area contributed by atoms with Gasteiger partial charge in [-0.2, -0.15) is 0 Å². The fourth-order valence-corrected chi connectivity index (χ4v) is 3.50. The Hall–Kier alpha value is -1.14. The first-order valence-electron chi connectivity index (χ1n) is 8.03. The fraction of sp³-hybridized carbons (Fsp3) is 0.750. The molecule has 2 unspecified atom stereocenters. The number of amides is 1. The van der Waals surface area contributed by atoms with Gasteiger partial charge in [0, 0.05) is 30.7 Å². The largest absolute Gasteiger partial charge is 0.444 e. The first-order chi connectivity index (χ1) is 10.4. The normalized spacial score (nSPS) is 20.2. The summed E-state index contributed by atoms with van der Waals surface area (Å²) in [5.74, 6) is 0. The van der Waals surface area contributed by atoms with Crippen LogP contribution in [-0.2, 0) is 4.74 Å². The van der Waals surface area contributed by atoms with Crippen LogP contribution in [0.4, 0.5) is 4.79 Å². The Morgan fingerprint density at radius 1 is 1.59 bits per heavy atom. The van der Waals surface area contributed by atoms with Gasteiger partial charge in [-0.15, -0.1) is 11.3 Å². The summed E-state index contributed by atoms with van der Waals surface area (Å²) < 4.78 is 5.51. The molecular formula is C16H27N3O2S. The van der Waals surface area contributed by atoms with Gasteiger partial charge in [-0.1, -0.05) is 6.92 Å². The van der Waals surface area contributed by atoms with Gasteiger partial charge in [-0.3, -0.25) is 0 Å². The standard InChI is InChI=1S/C16H27N3O2S/c1-5-13(14-17-8-10-22-14)18-11-12-7-6-9-19(12)15(20)21-16(2,3)4/h8,10,12-13,18H,5-7,9,11H2,1-4H3. The second-order valence-corrected chi connectivity index (χ2v) is 7.64. The van der Waals surface area contributed by atoms with Crippen molar-refractivity contribution in [1.82, 2.24) is 15.2 Å². The molecule has 2 heterocycles. The third kappa shape index (κ3) is 4.68. The van der Waals surface area contributed by atoms with Crippen LogP contribution in [0, 0.1) is 0 Å². The molecule has 1 saturated heterocycles. The van der Waals surface area contributed by atoms with Crippen LogP contribution in [0.2, 0.25) is 0 Å². The first-order valence-corrected chi connectivity index (χ1v) is 8.91. The number of ether oxygens (including phenoxy) is 1. The van der Waals surface area contributed by atoms with Gasteiger partial charge in [-0.25, -0.2) is 9.78 Å². The predicted octanol–water partition coefficient (Wildman–Crippen LogP) is 3.58. The summed E-state index contributed by atoms with van der Waals surface area (Å²) in [5.41, 5.74) is -0.440. The van der Waals surface area contributed by atoms with Crippen molar-refractivity contribution in [3.8, 4) is 0 Å². The van der Waals surface area contributed by atoms with Gasteiger partial charge in [0.1, 0.15) is 10.6 Å². The number of hydrogen-bond donors (Lipinski definition) is 1. The van der Waals surface area contributed by atoms with Crippen LogP contribution in [0.1, 0.15) is 58.0 Å². The Morgan fingerprint density at radius 3 is 2.95 bits per heavy atom. The topological polar surface area (TPSA) is 54.5 Å². The maximum atomic E-state index is 12.3. The van der Waals surface area contributed by atoms with Gasteiger partial charge in [-0.05, 0) is 40.0 Å². The fourth-order valence-electron chi connectivity index (χ4n) is 2.70. The number of rotatable bonds is 5. The third-order valence-corrected chi connectivity index (χ3v) is 4.65. The van der Waals surface area contributed by atoms with Gasteiger partial charge >= 0.3 is 6.09 Å². The van der Waals surface area contributed by atoms with Gasteiger partial charge < -0.3 is 15.0 Å². The van der Waals surface area contributed by atoms with E-state index >= 15 is 0 Å². The molecule has 1 fully saturated rings. The maximum Gasteiger partial charge on any atom is 0.410 e. The van der Waals surface area contributed by atoms with Crippen LogP contribution >= 0.6 is 11.3 Å². The van der Waals surface area contributed by atoms with E-state index in [4.69, 9.17) is 4.74 Å². The summed E-state index contributed by atoms with van der Waals surface area (Å²) in [5, 5.41) is 6.68. The minimum atomic E-state index is -0.440. The minimum Gasteiger partial charge on any atom is -0.444 e. The summed E-state index contributed by atoms with van der Waals surface area (Å²) >= 11 is 1.67. The van der Waals surface area contributed by atoms with Crippen LogP contribution in [0.3, 0.4) is 0 Å². The van der Waals surface area contributed by atoms with Crippen molar-refractivity contribution in [2.24, 2.45) is 0 Å². The van der Waals surface area contributed by atoms with Crippen molar-refractivity contribution < 1.29 is 9.53 Å². The molecule has 0 bridgehead atoms. The minimum absolute atomic E-state index is 0.195. The number of carbonyl (C=O) groups excluding carboxylic acids is 1. The quantitative estimate of drug-likeness (QED) is 0.899. The number of thiazole rings is 1. The Labute approximate surface area is 137 Å². The van der Waals surface area contributed by atoms with E-state index in [0.717, 1.165) is 37.4 Å². The van der Waals surface area contributed by atoms with E-state index in [0.29, 0.717) is 0 Å². The molecule has 1 N–H and O–H groups in total. The number of nitrogens with one attached hydrogen (secondary N) is 1. The zero-order chi connectivity index (χ0) is 16.2. The van der Waals surface area contributed by atoms with Crippen molar-refractivity contribution >= 4 is 17.4 Å². The molecule has 0 radical (unpaired) electrons. The summed E-state index contributed by atoms with van der Waals surface area (Å²) in [6, 6.07) is 0.477. The van der Waals surface area contributed by atoms with Crippen LogP contribution < -0.4 is 5.32 Å². The van der Waals surface area contributed by atoms with Gasteiger partial charge in [0.2, 0.25) is 0 Å². The van der Waals surface area contributed by atoms with E-state index in [1.807, 2.05) is 37.2 Å². The Morgan fingerprint density at radius 2 is 2.36 bits per heavy atom. The van der Waals surface area contributed by atoms with Crippen molar-refractivity contribution in [3.63, 3.8) is 0 Å². The number of carbonyl (C=O) groups is 1. The van der Waals surface area contributed by atoms with Gasteiger partial charge in [0.15, 0.2) is 0 Å². The highest BCUT2D eigenvalue weighted by molar-refractivity contribution is 7.09.